The Morgan fingerprint density at radius 2 is 1.47 bits per heavy atom. The fraction of sp³-hybridized carbons (Fsp3) is 0.154. The van der Waals surface area contributed by atoms with Crippen LogP contribution in [0.2, 0.25) is 0 Å². The molecule has 0 saturated heterocycles. The molecular formula is C26H24IrN2O-2. The normalized spacial score (nSPS) is 9.67. The molecule has 0 aliphatic carbocycles. The van der Waals surface area contributed by atoms with Crippen LogP contribution in [0.15, 0.2) is 85.2 Å². The van der Waals surface area contributed by atoms with Gasteiger partial charge in [0.1, 0.15) is 0 Å². The molecule has 0 aliphatic rings. The van der Waals surface area contributed by atoms with E-state index in [-0.39, 0.29) is 20.1 Å². The van der Waals surface area contributed by atoms with Crippen LogP contribution in [0.4, 0.5) is 0 Å². The maximum absolute atomic E-state index is 5.74. The van der Waals surface area contributed by atoms with Crippen LogP contribution in [0.25, 0.3) is 22.5 Å². The van der Waals surface area contributed by atoms with Crippen molar-refractivity contribution in [1.29, 1.82) is 0 Å². The number of benzene rings is 2. The summed E-state index contributed by atoms with van der Waals surface area (Å²) in [6.45, 7) is 4.78. The van der Waals surface area contributed by atoms with Gasteiger partial charge < -0.3 is 14.7 Å². The minimum Gasteiger partial charge on any atom is -0.537 e. The van der Waals surface area contributed by atoms with Crippen molar-refractivity contribution in [3.8, 4) is 28.3 Å². The van der Waals surface area contributed by atoms with Crippen LogP contribution in [-0.2, 0) is 26.5 Å². The molecule has 30 heavy (non-hydrogen) atoms. The number of ether oxygens (including phenoxy) is 1. The van der Waals surface area contributed by atoms with Crippen LogP contribution in [-0.4, -0.2) is 16.6 Å². The Labute approximate surface area is 192 Å². The largest absolute Gasteiger partial charge is 0.537 e. The van der Waals surface area contributed by atoms with E-state index in [0.29, 0.717) is 6.61 Å². The molecule has 0 atom stereocenters. The van der Waals surface area contributed by atoms with Gasteiger partial charge in [0.15, 0.2) is 0 Å². The Balaban J connectivity index is 0.000000218. The summed E-state index contributed by atoms with van der Waals surface area (Å²) >= 11 is 0. The van der Waals surface area contributed by atoms with Crippen molar-refractivity contribution in [1.82, 2.24) is 9.97 Å². The third-order valence-electron chi connectivity index (χ3n) is 4.27. The summed E-state index contributed by atoms with van der Waals surface area (Å²) < 4.78 is 5.74. The van der Waals surface area contributed by atoms with Crippen LogP contribution >= 0.6 is 0 Å². The SMILES string of the molecule is CCOc1c(-c2ccccn2)[c-]ccc1CC.[Ir].[c-]1ccccc1-c1ccccn1. The van der Waals surface area contributed by atoms with Crippen molar-refractivity contribution in [3.63, 3.8) is 0 Å². The van der Waals surface area contributed by atoms with Gasteiger partial charge in [0, 0.05) is 38.2 Å². The molecule has 0 bridgehead atoms. The van der Waals surface area contributed by atoms with Crippen LogP contribution in [0, 0.1) is 12.1 Å². The fourth-order valence-corrected chi connectivity index (χ4v) is 2.89. The zero-order chi connectivity index (χ0) is 20.3. The van der Waals surface area contributed by atoms with Crippen molar-refractivity contribution in [2.24, 2.45) is 0 Å². The zero-order valence-electron chi connectivity index (χ0n) is 17.1. The molecular weight excluding hydrogens is 549 g/mol. The van der Waals surface area contributed by atoms with E-state index < -0.39 is 0 Å². The van der Waals surface area contributed by atoms with Crippen molar-refractivity contribution in [2.75, 3.05) is 6.61 Å². The predicted molar refractivity (Wildman–Crippen MR) is 118 cm³/mol. The van der Waals surface area contributed by atoms with Gasteiger partial charge in [-0.05, 0) is 36.9 Å². The zero-order valence-corrected chi connectivity index (χ0v) is 19.5. The van der Waals surface area contributed by atoms with Crippen LogP contribution in [0.3, 0.4) is 0 Å². The molecule has 2 aromatic heterocycles. The topological polar surface area (TPSA) is 35.0 Å². The van der Waals surface area contributed by atoms with E-state index in [0.717, 1.165) is 34.7 Å². The maximum Gasteiger partial charge on any atom is 0.0727 e. The minimum atomic E-state index is 0. The number of hydrogen-bond donors (Lipinski definition) is 0. The molecule has 4 heteroatoms. The van der Waals surface area contributed by atoms with E-state index in [1.54, 1.807) is 12.4 Å². The van der Waals surface area contributed by atoms with E-state index in [1.807, 2.05) is 73.7 Å². The van der Waals surface area contributed by atoms with E-state index in [9.17, 15) is 0 Å². The molecule has 155 valence electrons. The Kier molecular flexibility index (Phi) is 9.93. The second-order valence-electron chi connectivity index (χ2n) is 6.20. The molecule has 0 unspecified atom stereocenters. The molecule has 0 spiro atoms. The summed E-state index contributed by atoms with van der Waals surface area (Å²) in [6, 6.07) is 29.9. The molecule has 0 aliphatic heterocycles. The van der Waals surface area contributed by atoms with Crippen molar-refractivity contribution in [2.45, 2.75) is 20.3 Å². The number of hydrogen-bond acceptors (Lipinski definition) is 3. The average molecular weight is 573 g/mol. The maximum atomic E-state index is 5.74. The molecule has 0 saturated carbocycles. The smallest absolute Gasteiger partial charge is 0.0727 e. The van der Waals surface area contributed by atoms with Gasteiger partial charge in [-0.15, -0.1) is 54.1 Å². The molecule has 2 heterocycles. The van der Waals surface area contributed by atoms with Gasteiger partial charge in [-0.3, -0.25) is 0 Å². The van der Waals surface area contributed by atoms with Crippen LogP contribution < -0.4 is 4.74 Å². The third kappa shape index (κ3) is 6.35. The first-order valence-electron chi connectivity index (χ1n) is 9.79. The predicted octanol–water partition coefficient (Wildman–Crippen LogP) is 6.06. The first kappa shape index (κ1) is 23.5. The monoisotopic (exact) mass is 573 g/mol. The van der Waals surface area contributed by atoms with Crippen molar-refractivity contribution >= 4 is 0 Å². The third-order valence-corrected chi connectivity index (χ3v) is 4.27. The number of aryl methyl sites for hydroxylation is 1. The number of rotatable bonds is 5. The fourth-order valence-electron chi connectivity index (χ4n) is 2.89. The summed E-state index contributed by atoms with van der Waals surface area (Å²) in [4.78, 5) is 8.57. The van der Waals surface area contributed by atoms with Gasteiger partial charge >= 0.3 is 0 Å². The number of pyridine rings is 2. The van der Waals surface area contributed by atoms with Crippen LogP contribution in [0.1, 0.15) is 19.4 Å². The molecule has 0 amide bonds. The standard InChI is InChI=1S/C15H16NO.C11H8N.Ir/c1-3-12-8-7-9-13(15(12)17-4-2)14-10-5-6-11-16-14;1-2-6-10(7-3-1)11-8-4-5-9-12-11;/h5-8,10-11H,3-4H2,1-2H3;1-6,8-9H;/q2*-1;. The summed E-state index contributed by atoms with van der Waals surface area (Å²) in [5.41, 5.74) is 5.07. The molecule has 2 aromatic carbocycles. The van der Waals surface area contributed by atoms with Gasteiger partial charge in [0.2, 0.25) is 0 Å². The second-order valence-corrected chi connectivity index (χ2v) is 6.20. The van der Waals surface area contributed by atoms with Gasteiger partial charge in [-0.2, -0.15) is 0 Å². The Hall–Kier alpha value is -2.81. The van der Waals surface area contributed by atoms with E-state index >= 15 is 0 Å². The second kappa shape index (κ2) is 12.7. The van der Waals surface area contributed by atoms with E-state index in [2.05, 4.69) is 35.1 Å². The molecule has 4 rings (SSSR count). The summed E-state index contributed by atoms with van der Waals surface area (Å²) in [5, 5.41) is 0. The average Bonchev–Trinajstić information content (AvgIpc) is 2.81. The molecule has 1 radical (unpaired) electrons. The first-order chi connectivity index (χ1) is 14.3. The van der Waals surface area contributed by atoms with E-state index in [1.165, 1.54) is 5.56 Å². The van der Waals surface area contributed by atoms with E-state index in [4.69, 9.17) is 4.74 Å². The molecule has 4 aromatic rings. The number of nitrogens with zero attached hydrogens (tertiary/aromatic N) is 2. The van der Waals surface area contributed by atoms with Gasteiger partial charge in [-0.25, -0.2) is 0 Å². The summed E-state index contributed by atoms with van der Waals surface area (Å²) in [6.07, 6.45) is 4.53. The van der Waals surface area contributed by atoms with Gasteiger partial charge in [0.25, 0.3) is 0 Å². The summed E-state index contributed by atoms with van der Waals surface area (Å²) in [7, 11) is 0. The minimum absolute atomic E-state index is 0. The molecule has 3 nitrogen and oxygen atoms in total. The van der Waals surface area contributed by atoms with Gasteiger partial charge in [0.05, 0.1) is 6.61 Å². The van der Waals surface area contributed by atoms with Gasteiger partial charge in [-0.1, -0.05) is 42.3 Å². The molecule has 0 N–H and O–H groups in total. The van der Waals surface area contributed by atoms with Crippen molar-refractivity contribution < 1.29 is 24.8 Å². The van der Waals surface area contributed by atoms with Crippen molar-refractivity contribution in [3.05, 3.63) is 103 Å². The molecule has 0 fully saturated rings. The Bertz CT molecular complexity index is 956. The Morgan fingerprint density at radius 3 is 2.03 bits per heavy atom. The Morgan fingerprint density at radius 1 is 0.767 bits per heavy atom. The quantitative estimate of drug-likeness (QED) is 0.273. The summed E-state index contributed by atoms with van der Waals surface area (Å²) in [5.74, 6) is 0.913. The number of aromatic nitrogens is 2. The van der Waals surface area contributed by atoms with Crippen LogP contribution in [0.5, 0.6) is 5.75 Å². The first-order valence-corrected chi connectivity index (χ1v) is 9.79.